The summed E-state index contributed by atoms with van der Waals surface area (Å²) in [4.78, 5) is 8.53. The van der Waals surface area contributed by atoms with Crippen LogP contribution in [-0.4, -0.2) is 70.6 Å². The van der Waals surface area contributed by atoms with Crippen LogP contribution < -0.4 is 5.73 Å². The van der Waals surface area contributed by atoms with E-state index in [1.165, 1.54) is 34.5 Å². The maximum absolute atomic E-state index is 14.0. The summed E-state index contributed by atoms with van der Waals surface area (Å²) < 4.78 is 41.5. The molecule has 0 amide bonds. The summed E-state index contributed by atoms with van der Waals surface area (Å²) in [6.45, 7) is -0.964. The van der Waals surface area contributed by atoms with Gasteiger partial charge in [-0.3, -0.25) is 0 Å². The molecule has 4 aromatic rings. The van der Waals surface area contributed by atoms with Gasteiger partial charge in [0.2, 0.25) is 0 Å². The molecule has 12 nitrogen and oxygen atoms in total. The molecule has 1 aliphatic heterocycles. The first-order valence-electron chi connectivity index (χ1n) is 11.8. The maximum Gasteiger partial charge on any atom is 0.187 e. The first kappa shape index (κ1) is 29.1. The summed E-state index contributed by atoms with van der Waals surface area (Å²) in [7, 11) is 0. The van der Waals surface area contributed by atoms with Crippen LogP contribution in [0.5, 0.6) is 5.75 Å². The third-order valence-electron chi connectivity index (χ3n) is 6.11. The normalized spacial score (nSPS) is 22.5. The molecule has 0 spiro atoms. The zero-order valence-corrected chi connectivity index (χ0v) is 23.0. The van der Waals surface area contributed by atoms with E-state index in [-0.39, 0.29) is 22.9 Å². The number of aliphatic hydroxyl groups is 2. The molecule has 4 heterocycles. The lowest BCUT2D eigenvalue weighted by molar-refractivity contribution is -0.196. The van der Waals surface area contributed by atoms with Gasteiger partial charge in [0.05, 0.1) is 24.4 Å². The van der Waals surface area contributed by atoms with Gasteiger partial charge < -0.3 is 30.5 Å². The number of pyridine rings is 1. The number of anilines is 1. The Kier molecular flexibility index (Phi) is 8.66. The monoisotopic (exact) mass is 623 g/mol. The molecule has 5 unspecified atom stereocenters. The molecule has 0 bridgehead atoms. The number of aromatic nitrogens is 5. The SMILES string of the molecule is N#Cc1ncc(Cl)cc1SC1OC(CO)C(O)C(n2cc(-c3csc(N)n3)nn2)C1OCc1cc(F)c(O)c(F)c1. The van der Waals surface area contributed by atoms with E-state index in [2.05, 4.69) is 20.3 Å². The number of aliphatic hydroxyl groups excluding tert-OH is 2. The molecule has 1 fully saturated rings. The molecule has 0 radical (unpaired) electrons. The molecule has 5 atom stereocenters. The number of nitrogens with zero attached hydrogens (tertiary/aromatic N) is 6. The smallest absolute Gasteiger partial charge is 0.187 e. The van der Waals surface area contributed by atoms with Crippen LogP contribution in [0.1, 0.15) is 17.3 Å². The van der Waals surface area contributed by atoms with Crippen LogP contribution in [0.25, 0.3) is 11.4 Å². The second-order valence-electron chi connectivity index (χ2n) is 8.78. The minimum Gasteiger partial charge on any atom is -0.503 e. The van der Waals surface area contributed by atoms with Crippen molar-refractivity contribution >= 4 is 39.8 Å². The summed E-state index contributed by atoms with van der Waals surface area (Å²) in [6.07, 6.45) is -0.821. The summed E-state index contributed by atoms with van der Waals surface area (Å²) in [5.74, 6) is -3.49. The minimum absolute atomic E-state index is 0.0387. The number of benzene rings is 1. The lowest BCUT2D eigenvalue weighted by Crippen LogP contribution is -2.55. The Morgan fingerprint density at radius 3 is 2.68 bits per heavy atom. The lowest BCUT2D eigenvalue weighted by atomic mass is 9.97. The van der Waals surface area contributed by atoms with E-state index in [0.29, 0.717) is 21.4 Å². The van der Waals surface area contributed by atoms with Gasteiger partial charge in [0.1, 0.15) is 47.2 Å². The van der Waals surface area contributed by atoms with E-state index in [9.17, 15) is 29.4 Å². The van der Waals surface area contributed by atoms with Gasteiger partial charge in [0.15, 0.2) is 28.2 Å². The Balaban J connectivity index is 1.54. The standard InChI is InChI=1S/C24H20ClF2N7O5S2/c25-11-3-18(14(4-28)30-5-11)41-23-22(38-8-10-1-12(26)20(36)13(27)2-10)19(21(37)17(7-35)39-23)34-6-15(32-33-34)16-9-40-24(29)31-16/h1-3,5-6,9,17,19,21-23,35-37H,7-8H2,(H2,29,31). The summed E-state index contributed by atoms with van der Waals surface area (Å²) in [5.41, 5.74) is 5.58. The lowest BCUT2D eigenvalue weighted by Gasteiger charge is -2.43. The van der Waals surface area contributed by atoms with E-state index in [0.717, 1.165) is 23.9 Å². The van der Waals surface area contributed by atoms with Crippen LogP contribution in [0.2, 0.25) is 5.02 Å². The average Bonchev–Trinajstić information content (AvgIpc) is 3.60. The van der Waals surface area contributed by atoms with Crippen molar-refractivity contribution in [1.29, 1.82) is 5.26 Å². The molecule has 17 heteroatoms. The number of thioether (sulfide) groups is 1. The highest BCUT2D eigenvalue weighted by Gasteiger charge is 2.48. The van der Waals surface area contributed by atoms with E-state index >= 15 is 0 Å². The number of hydrogen-bond acceptors (Lipinski definition) is 13. The van der Waals surface area contributed by atoms with Crippen LogP contribution >= 0.6 is 34.7 Å². The van der Waals surface area contributed by atoms with Gasteiger partial charge in [-0.1, -0.05) is 28.6 Å². The Hall–Kier alpha value is -3.43. The second kappa shape index (κ2) is 12.2. The molecule has 1 aliphatic rings. The van der Waals surface area contributed by atoms with Crippen LogP contribution in [0.4, 0.5) is 13.9 Å². The van der Waals surface area contributed by atoms with Gasteiger partial charge in [-0.25, -0.2) is 23.4 Å². The summed E-state index contributed by atoms with van der Waals surface area (Å²) in [6, 6.07) is 4.22. The first-order chi connectivity index (χ1) is 19.7. The highest BCUT2D eigenvalue weighted by Crippen LogP contribution is 2.41. The fourth-order valence-corrected chi connectivity index (χ4v) is 6.20. The molecular weight excluding hydrogens is 604 g/mol. The van der Waals surface area contributed by atoms with E-state index < -0.39 is 53.8 Å². The predicted octanol–water partition coefficient (Wildman–Crippen LogP) is 2.88. The van der Waals surface area contributed by atoms with E-state index in [1.54, 1.807) is 5.38 Å². The third kappa shape index (κ3) is 6.11. The van der Waals surface area contributed by atoms with Crippen LogP contribution in [0, 0.1) is 23.0 Å². The van der Waals surface area contributed by atoms with Crippen molar-refractivity contribution in [3.63, 3.8) is 0 Å². The van der Waals surface area contributed by atoms with Gasteiger partial charge >= 0.3 is 0 Å². The molecular formula is C24H20ClF2N7O5S2. The van der Waals surface area contributed by atoms with Crippen molar-refractivity contribution in [3.05, 3.63) is 63.9 Å². The van der Waals surface area contributed by atoms with Gasteiger partial charge in [0.25, 0.3) is 0 Å². The first-order valence-corrected chi connectivity index (χ1v) is 13.9. The number of ether oxygens (including phenoxy) is 2. The quantitative estimate of drug-likeness (QED) is 0.225. The number of nitriles is 1. The topological polar surface area (TPSA) is 185 Å². The molecule has 1 saturated heterocycles. The van der Waals surface area contributed by atoms with Gasteiger partial charge in [-0.05, 0) is 23.8 Å². The minimum atomic E-state index is -1.39. The maximum atomic E-state index is 14.0. The number of thiazole rings is 1. The van der Waals surface area contributed by atoms with Crippen molar-refractivity contribution in [2.45, 2.75) is 41.3 Å². The number of phenolic OH excluding ortho intramolecular Hbond substituents is 1. The second-order valence-corrected chi connectivity index (χ2v) is 11.2. The van der Waals surface area contributed by atoms with Crippen molar-refractivity contribution in [2.75, 3.05) is 12.3 Å². The van der Waals surface area contributed by atoms with E-state index in [1.807, 2.05) is 6.07 Å². The zero-order valence-electron chi connectivity index (χ0n) is 20.6. The molecule has 41 heavy (non-hydrogen) atoms. The number of rotatable bonds is 8. The molecule has 1 aromatic carbocycles. The Labute approximate surface area is 243 Å². The van der Waals surface area contributed by atoms with Gasteiger partial charge in [-0.15, -0.1) is 16.4 Å². The highest BCUT2D eigenvalue weighted by atomic mass is 35.5. The number of nitrogen functional groups attached to an aromatic ring is 1. The van der Waals surface area contributed by atoms with Gasteiger partial charge in [0, 0.05) is 16.5 Å². The van der Waals surface area contributed by atoms with Crippen molar-refractivity contribution < 1.29 is 33.6 Å². The third-order valence-corrected chi connectivity index (χ3v) is 8.17. The van der Waals surface area contributed by atoms with Crippen LogP contribution in [-0.2, 0) is 16.1 Å². The Morgan fingerprint density at radius 2 is 2.02 bits per heavy atom. The van der Waals surface area contributed by atoms with Crippen LogP contribution in [0.3, 0.4) is 0 Å². The number of phenols is 1. The molecule has 0 saturated carbocycles. The van der Waals surface area contributed by atoms with E-state index in [4.69, 9.17) is 26.8 Å². The van der Waals surface area contributed by atoms with Crippen molar-refractivity contribution in [3.8, 4) is 23.2 Å². The largest absolute Gasteiger partial charge is 0.503 e. The highest BCUT2D eigenvalue weighted by molar-refractivity contribution is 7.99. The molecule has 5 N–H and O–H groups in total. The number of hydrogen-bond donors (Lipinski definition) is 4. The fraction of sp³-hybridized carbons (Fsp3) is 0.292. The number of halogens is 3. The predicted molar refractivity (Wildman–Crippen MR) is 143 cm³/mol. The molecule has 3 aromatic heterocycles. The molecule has 214 valence electrons. The fourth-order valence-electron chi connectivity index (χ4n) is 4.19. The van der Waals surface area contributed by atoms with Crippen molar-refractivity contribution in [1.82, 2.24) is 25.0 Å². The zero-order chi connectivity index (χ0) is 29.3. The average molecular weight is 624 g/mol. The molecule has 5 rings (SSSR count). The summed E-state index contributed by atoms with van der Waals surface area (Å²) in [5, 5.41) is 50.8. The number of nitrogens with two attached hydrogens (primary N) is 1. The molecule has 0 aliphatic carbocycles. The van der Waals surface area contributed by atoms with Crippen molar-refractivity contribution in [2.24, 2.45) is 0 Å². The number of aromatic hydroxyl groups is 1. The van der Waals surface area contributed by atoms with Gasteiger partial charge in [-0.2, -0.15) is 5.26 Å². The Bertz CT molecular complexity index is 1580. The van der Waals surface area contributed by atoms with Crippen LogP contribution in [0.15, 0.2) is 40.9 Å². The summed E-state index contributed by atoms with van der Waals surface area (Å²) >= 11 is 8.31. The Morgan fingerprint density at radius 1 is 1.27 bits per heavy atom.